The largest absolute Gasteiger partial charge is 0.316 e. The van der Waals surface area contributed by atoms with Crippen LogP contribution in [0.3, 0.4) is 0 Å². The lowest BCUT2D eigenvalue weighted by atomic mass is 10.00. The molecule has 1 fully saturated rings. The molecule has 2 aromatic rings. The van der Waals surface area contributed by atoms with Crippen molar-refractivity contribution in [3.63, 3.8) is 0 Å². The van der Waals surface area contributed by atoms with E-state index >= 15 is 0 Å². The summed E-state index contributed by atoms with van der Waals surface area (Å²) in [6.45, 7) is 7.54. The molecule has 0 bridgehead atoms. The van der Waals surface area contributed by atoms with E-state index < -0.39 is 0 Å². The fourth-order valence-electron chi connectivity index (χ4n) is 2.97. The first-order chi connectivity index (χ1) is 9.72. The van der Waals surface area contributed by atoms with Gasteiger partial charge in [0, 0.05) is 18.3 Å². The van der Waals surface area contributed by atoms with Gasteiger partial charge in [0.05, 0.1) is 5.69 Å². The average molecular weight is 269 g/mol. The van der Waals surface area contributed by atoms with Crippen LogP contribution in [0.4, 0.5) is 0 Å². The van der Waals surface area contributed by atoms with Crippen molar-refractivity contribution in [1.82, 2.24) is 15.1 Å². The van der Waals surface area contributed by atoms with E-state index in [2.05, 4.69) is 54.3 Å². The highest BCUT2D eigenvalue weighted by Gasteiger charge is 2.15. The molecule has 1 atom stereocenters. The normalized spacial score (nSPS) is 19.2. The average Bonchev–Trinajstić information content (AvgIpc) is 2.81. The number of rotatable bonds is 3. The summed E-state index contributed by atoms with van der Waals surface area (Å²) in [5.74, 6) is 0.717. The van der Waals surface area contributed by atoms with Gasteiger partial charge < -0.3 is 5.32 Å². The minimum Gasteiger partial charge on any atom is -0.316 e. The van der Waals surface area contributed by atoms with Gasteiger partial charge >= 0.3 is 0 Å². The first-order valence-electron chi connectivity index (χ1n) is 7.54. The van der Waals surface area contributed by atoms with E-state index in [0.29, 0.717) is 5.92 Å². The predicted molar refractivity (Wildman–Crippen MR) is 82.7 cm³/mol. The van der Waals surface area contributed by atoms with Crippen molar-refractivity contribution in [2.45, 2.75) is 33.2 Å². The van der Waals surface area contributed by atoms with E-state index in [0.717, 1.165) is 18.8 Å². The quantitative estimate of drug-likeness (QED) is 0.927. The van der Waals surface area contributed by atoms with Crippen molar-refractivity contribution in [1.29, 1.82) is 0 Å². The number of piperidine rings is 1. The maximum Gasteiger partial charge on any atom is 0.0672 e. The molecule has 0 amide bonds. The Balaban J connectivity index is 1.78. The Morgan fingerprint density at radius 2 is 2.05 bits per heavy atom. The molecular weight excluding hydrogens is 246 g/mol. The second kappa shape index (κ2) is 5.80. The molecule has 1 unspecified atom stereocenters. The number of nitrogens with one attached hydrogen (secondary N) is 1. The minimum atomic E-state index is 0.717. The molecule has 106 valence electrons. The highest BCUT2D eigenvalue weighted by Crippen LogP contribution is 2.23. The first kappa shape index (κ1) is 13.4. The molecule has 1 aromatic heterocycles. The van der Waals surface area contributed by atoms with Crippen molar-refractivity contribution in [2.24, 2.45) is 5.92 Å². The monoisotopic (exact) mass is 269 g/mol. The summed E-state index contributed by atoms with van der Waals surface area (Å²) in [5.41, 5.74) is 4.94. The maximum atomic E-state index is 4.69. The minimum absolute atomic E-state index is 0.717. The lowest BCUT2D eigenvalue weighted by Crippen LogP contribution is -2.32. The van der Waals surface area contributed by atoms with Crippen LogP contribution in [0.2, 0.25) is 0 Å². The summed E-state index contributed by atoms with van der Waals surface area (Å²) in [6, 6.07) is 8.70. The number of hydrogen-bond acceptors (Lipinski definition) is 2. The second-order valence-electron chi connectivity index (χ2n) is 5.93. The van der Waals surface area contributed by atoms with Gasteiger partial charge in [0.1, 0.15) is 0 Å². The summed E-state index contributed by atoms with van der Waals surface area (Å²) in [7, 11) is 0. The molecule has 1 aromatic carbocycles. The zero-order chi connectivity index (χ0) is 13.9. The summed E-state index contributed by atoms with van der Waals surface area (Å²) >= 11 is 0. The molecule has 3 heteroatoms. The standard InChI is InChI=1S/C17H23N3/c1-13-5-7-16(8-6-13)17-12-20(19-14(17)2)11-15-4-3-9-18-10-15/h5-8,12,15,18H,3-4,9-11H2,1-2H3. The molecule has 0 aliphatic carbocycles. The molecule has 3 nitrogen and oxygen atoms in total. The molecule has 1 N–H and O–H groups in total. The Morgan fingerprint density at radius 3 is 2.75 bits per heavy atom. The molecule has 0 saturated carbocycles. The zero-order valence-corrected chi connectivity index (χ0v) is 12.4. The predicted octanol–water partition coefficient (Wildman–Crippen LogP) is 3.17. The van der Waals surface area contributed by atoms with Crippen LogP contribution < -0.4 is 5.32 Å². The molecular formula is C17H23N3. The second-order valence-corrected chi connectivity index (χ2v) is 5.93. The van der Waals surface area contributed by atoms with Crippen LogP contribution in [0.25, 0.3) is 11.1 Å². The van der Waals surface area contributed by atoms with Gasteiger partial charge in [-0.3, -0.25) is 4.68 Å². The number of hydrogen-bond donors (Lipinski definition) is 1. The molecule has 0 radical (unpaired) electrons. The Hall–Kier alpha value is -1.61. The third-order valence-electron chi connectivity index (χ3n) is 4.15. The molecule has 1 aliphatic heterocycles. The van der Waals surface area contributed by atoms with Gasteiger partial charge in [-0.1, -0.05) is 29.8 Å². The number of benzene rings is 1. The zero-order valence-electron chi connectivity index (χ0n) is 12.4. The van der Waals surface area contributed by atoms with E-state index in [1.165, 1.54) is 36.1 Å². The van der Waals surface area contributed by atoms with Crippen LogP contribution in [-0.2, 0) is 6.54 Å². The van der Waals surface area contributed by atoms with Crippen LogP contribution in [0, 0.1) is 19.8 Å². The van der Waals surface area contributed by atoms with Gasteiger partial charge in [-0.25, -0.2) is 0 Å². The Bertz CT molecular complexity index is 562. The number of nitrogens with zero attached hydrogens (tertiary/aromatic N) is 2. The van der Waals surface area contributed by atoms with Crippen molar-refractivity contribution in [2.75, 3.05) is 13.1 Å². The van der Waals surface area contributed by atoms with Gasteiger partial charge in [0.2, 0.25) is 0 Å². The molecule has 1 saturated heterocycles. The van der Waals surface area contributed by atoms with E-state index in [-0.39, 0.29) is 0 Å². The summed E-state index contributed by atoms with van der Waals surface area (Å²) < 4.78 is 2.13. The van der Waals surface area contributed by atoms with Crippen molar-refractivity contribution < 1.29 is 0 Å². The van der Waals surface area contributed by atoms with Gasteiger partial charge in [0.15, 0.2) is 0 Å². The Labute approximate surface area is 121 Å². The first-order valence-corrected chi connectivity index (χ1v) is 7.54. The van der Waals surface area contributed by atoms with Crippen molar-refractivity contribution in [3.8, 4) is 11.1 Å². The molecule has 2 heterocycles. The van der Waals surface area contributed by atoms with Crippen molar-refractivity contribution in [3.05, 3.63) is 41.7 Å². The summed E-state index contributed by atoms with van der Waals surface area (Å²) in [5, 5.41) is 8.17. The van der Waals surface area contributed by atoms with Crippen LogP contribution in [0.1, 0.15) is 24.1 Å². The highest BCUT2D eigenvalue weighted by atomic mass is 15.3. The highest BCUT2D eigenvalue weighted by molar-refractivity contribution is 5.65. The van der Waals surface area contributed by atoms with Gasteiger partial charge in [0.25, 0.3) is 0 Å². The lowest BCUT2D eigenvalue weighted by Gasteiger charge is -2.22. The number of aryl methyl sites for hydroxylation is 2. The Kier molecular flexibility index (Phi) is 3.88. The van der Waals surface area contributed by atoms with E-state index in [9.17, 15) is 0 Å². The van der Waals surface area contributed by atoms with E-state index in [4.69, 9.17) is 5.10 Å². The van der Waals surface area contributed by atoms with Gasteiger partial charge in [-0.2, -0.15) is 5.10 Å². The van der Waals surface area contributed by atoms with Crippen LogP contribution in [-0.4, -0.2) is 22.9 Å². The van der Waals surface area contributed by atoms with Crippen molar-refractivity contribution >= 4 is 0 Å². The summed E-state index contributed by atoms with van der Waals surface area (Å²) in [4.78, 5) is 0. The number of aromatic nitrogens is 2. The fourth-order valence-corrected chi connectivity index (χ4v) is 2.97. The third-order valence-corrected chi connectivity index (χ3v) is 4.15. The maximum absolute atomic E-state index is 4.69. The van der Waals surface area contributed by atoms with Gasteiger partial charge in [-0.15, -0.1) is 0 Å². The van der Waals surface area contributed by atoms with Crippen LogP contribution in [0.5, 0.6) is 0 Å². The van der Waals surface area contributed by atoms with Gasteiger partial charge in [-0.05, 0) is 51.3 Å². The van der Waals surface area contributed by atoms with E-state index in [1.807, 2.05) is 0 Å². The molecule has 20 heavy (non-hydrogen) atoms. The van der Waals surface area contributed by atoms with Crippen LogP contribution >= 0.6 is 0 Å². The molecule has 0 spiro atoms. The smallest absolute Gasteiger partial charge is 0.0672 e. The SMILES string of the molecule is Cc1ccc(-c2cn(CC3CCCNC3)nc2C)cc1. The summed E-state index contributed by atoms with van der Waals surface area (Å²) in [6.07, 6.45) is 4.80. The van der Waals surface area contributed by atoms with E-state index in [1.54, 1.807) is 0 Å². The molecule has 1 aliphatic rings. The topological polar surface area (TPSA) is 29.9 Å². The Morgan fingerprint density at radius 1 is 1.25 bits per heavy atom. The lowest BCUT2D eigenvalue weighted by molar-refractivity contribution is 0.325. The molecule has 3 rings (SSSR count). The van der Waals surface area contributed by atoms with Crippen LogP contribution in [0.15, 0.2) is 30.5 Å². The fraction of sp³-hybridized carbons (Fsp3) is 0.471. The third kappa shape index (κ3) is 2.93.